The fourth-order valence-corrected chi connectivity index (χ4v) is 2.54. The van der Waals surface area contributed by atoms with Crippen LogP contribution in [0.3, 0.4) is 0 Å². The van der Waals surface area contributed by atoms with Crippen molar-refractivity contribution in [2.45, 2.75) is 11.3 Å². The van der Waals surface area contributed by atoms with E-state index in [0.29, 0.717) is 6.42 Å². The van der Waals surface area contributed by atoms with Crippen LogP contribution in [0.25, 0.3) is 0 Å². The van der Waals surface area contributed by atoms with Gasteiger partial charge in [-0.1, -0.05) is 0 Å². The van der Waals surface area contributed by atoms with Crippen LogP contribution < -0.4 is 10.5 Å². The van der Waals surface area contributed by atoms with Crippen molar-refractivity contribution < 1.29 is 27.0 Å². The maximum atomic E-state index is 13.6. The molecule has 0 fully saturated rings. The second kappa shape index (κ2) is 7.48. The lowest BCUT2D eigenvalue weighted by Gasteiger charge is -2.09. The lowest BCUT2D eigenvalue weighted by molar-refractivity contribution is 0.0913. The molecule has 1 aromatic rings. The number of rotatable bonds is 8. The summed E-state index contributed by atoms with van der Waals surface area (Å²) in [5.74, 6) is -2.33. The van der Waals surface area contributed by atoms with Gasteiger partial charge >= 0.3 is 0 Å². The normalized spacial score (nSPS) is 11.8. The highest BCUT2D eigenvalue weighted by molar-refractivity contribution is 7.89. The van der Waals surface area contributed by atoms with Crippen molar-refractivity contribution in [3.8, 4) is 0 Å². The molecule has 0 unspecified atom stereocenters. The van der Waals surface area contributed by atoms with E-state index in [4.69, 9.17) is 15.6 Å². The van der Waals surface area contributed by atoms with E-state index >= 15 is 0 Å². The lowest BCUT2D eigenvalue weighted by atomic mass is 10.3. The van der Waals surface area contributed by atoms with Crippen LogP contribution in [0.1, 0.15) is 6.42 Å². The zero-order valence-corrected chi connectivity index (χ0v) is 11.4. The summed E-state index contributed by atoms with van der Waals surface area (Å²) < 4.78 is 57.2. The van der Waals surface area contributed by atoms with E-state index in [1.807, 2.05) is 0 Å². The number of hydrogen-bond acceptors (Lipinski definition) is 5. The number of sulfonamides is 1. The third-order valence-corrected chi connectivity index (χ3v) is 3.85. The topological polar surface area (TPSA) is 102 Å². The average Bonchev–Trinajstić information content (AvgIpc) is 2.39. The molecule has 1 aromatic carbocycles. The van der Waals surface area contributed by atoms with Gasteiger partial charge in [-0.05, 0) is 18.6 Å². The van der Waals surface area contributed by atoms with Gasteiger partial charge in [-0.15, -0.1) is 0 Å². The molecule has 0 aliphatic heterocycles. The maximum Gasteiger partial charge on any atom is 0.243 e. The van der Waals surface area contributed by atoms with Crippen molar-refractivity contribution in [2.24, 2.45) is 0 Å². The summed E-state index contributed by atoms with van der Waals surface area (Å²) in [6, 6.07) is 1.60. The summed E-state index contributed by atoms with van der Waals surface area (Å²) >= 11 is 0. The van der Waals surface area contributed by atoms with Gasteiger partial charge < -0.3 is 15.6 Å². The Balaban J connectivity index is 2.63. The first kappa shape index (κ1) is 16.8. The zero-order chi connectivity index (χ0) is 15.2. The Hall–Kier alpha value is -1.29. The Morgan fingerprint density at radius 2 is 2.00 bits per heavy atom. The summed E-state index contributed by atoms with van der Waals surface area (Å²) in [5, 5.41) is 8.46. The molecule has 0 spiro atoms. The average molecular weight is 310 g/mol. The van der Waals surface area contributed by atoms with E-state index in [2.05, 4.69) is 4.72 Å². The van der Waals surface area contributed by atoms with Crippen LogP contribution >= 0.6 is 0 Å². The quantitative estimate of drug-likeness (QED) is 0.471. The Labute approximate surface area is 115 Å². The number of halogens is 2. The molecule has 0 amide bonds. The van der Waals surface area contributed by atoms with E-state index in [-0.39, 0.29) is 26.4 Å². The minimum Gasteiger partial charge on any atom is -0.394 e. The predicted octanol–water partition coefficient (Wildman–Crippen LogP) is 0.224. The van der Waals surface area contributed by atoms with Crippen molar-refractivity contribution in [1.29, 1.82) is 0 Å². The molecule has 0 aromatic heterocycles. The van der Waals surface area contributed by atoms with Gasteiger partial charge in [0.15, 0.2) is 5.82 Å². The van der Waals surface area contributed by atoms with Crippen molar-refractivity contribution in [1.82, 2.24) is 4.72 Å². The Morgan fingerprint density at radius 3 is 2.65 bits per heavy atom. The fourth-order valence-electron chi connectivity index (χ4n) is 1.38. The molecule has 0 aliphatic rings. The SMILES string of the molecule is Nc1c(F)ccc(S(=O)(=O)NCCCOCCO)c1F. The Morgan fingerprint density at radius 1 is 1.30 bits per heavy atom. The van der Waals surface area contributed by atoms with Crippen LogP contribution in [0.15, 0.2) is 17.0 Å². The second-order valence-corrected chi connectivity index (χ2v) is 5.60. The summed E-state index contributed by atoms with van der Waals surface area (Å²) in [5.41, 5.74) is 4.27. The first-order valence-electron chi connectivity index (χ1n) is 5.82. The Kier molecular flexibility index (Phi) is 6.27. The van der Waals surface area contributed by atoms with Gasteiger partial charge in [0.2, 0.25) is 10.0 Å². The van der Waals surface area contributed by atoms with Crippen LogP contribution in [0, 0.1) is 11.6 Å². The predicted molar refractivity (Wildman–Crippen MR) is 68.5 cm³/mol. The number of benzene rings is 1. The van der Waals surface area contributed by atoms with Crippen molar-refractivity contribution in [3.05, 3.63) is 23.8 Å². The fraction of sp³-hybridized carbons (Fsp3) is 0.455. The second-order valence-electron chi connectivity index (χ2n) is 3.86. The van der Waals surface area contributed by atoms with E-state index in [9.17, 15) is 17.2 Å². The van der Waals surface area contributed by atoms with Crippen molar-refractivity contribution in [2.75, 3.05) is 32.1 Å². The first-order chi connectivity index (χ1) is 9.40. The number of aliphatic hydroxyl groups is 1. The molecule has 0 saturated heterocycles. The van der Waals surface area contributed by atoms with Crippen molar-refractivity contribution in [3.63, 3.8) is 0 Å². The molecule has 6 nitrogen and oxygen atoms in total. The molecule has 0 bridgehead atoms. The highest BCUT2D eigenvalue weighted by Gasteiger charge is 2.21. The van der Waals surface area contributed by atoms with Crippen LogP contribution in [0.2, 0.25) is 0 Å². The highest BCUT2D eigenvalue weighted by Crippen LogP contribution is 2.22. The third kappa shape index (κ3) is 4.37. The number of nitrogens with one attached hydrogen (secondary N) is 1. The van der Waals surface area contributed by atoms with Gasteiger partial charge in [0, 0.05) is 13.2 Å². The lowest BCUT2D eigenvalue weighted by Crippen LogP contribution is -2.27. The standard InChI is InChI=1S/C11H16F2N2O4S/c12-8-2-3-9(10(13)11(8)14)20(17,18)15-4-1-6-19-7-5-16/h2-3,15-16H,1,4-7,14H2. The van der Waals surface area contributed by atoms with Crippen LogP contribution in [0.5, 0.6) is 0 Å². The van der Waals surface area contributed by atoms with Crippen LogP contribution in [-0.4, -0.2) is 39.9 Å². The highest BCUT2D eigenvalue weighted by atomic mass is 32.2. The smallest absolute Gasteiger partial charge is 0.243 e. The van der Waals surface area contributed by atoms with Crippen LogP contribution in [0.4, 0.5) is 14.5 Å². The monoisotopic (exact) mass is 310 g/mol. The number of hydrogen-bond donors (Lipinski definition) is 3. The molecule has 1 rings (SSSR count). The van der Waals surface area contributed by atoms with Gasteiger partial charge in [0.1, 0.15) is 16.4 Å². The van der Waals surface area contributed by atoms with E-state index in [0.717, 1.165) is 12.1 Å². The molecular formula is C11H16F2N2O4S. The minimum atomic E-state index is -4.10. The molecule has 20 heavy (non-hydrogen) atoms. The third-order valence-electron chi connectivity index (χ3n) is 2.37. The van der Waals surface area contributed by atoms with Gasteiger partial charge in [-0.3, -0.25) is 0 Å². The maximum absolute atomic E-state index is 13.6. The number of ether oxygens (including phenoxy) is 1. The molecular weight excluding hydrogens is 294 g/mol. The summed E-state index contributed by atoms with van der Waals surface area (Å²) in [7, 11) is -4.10. The van der Waals surface area contributed by atoms with Gasteiger partial charge in [-0.25, -0.2) is 21.9 Å². The van der Waals surface area contributed by atoms with E-state index in [1.54, 1.807) is 0 Å². The molecule has 0 aliphatic carbocycles. The van der Waals surface area contributed by atoms with E-state index in [1.165, 1.54) is 0 Å². The summed E-state index contributed by atoms with van der Waals surface area (Å²) in [6.45, 7) is 0.309. The molecule has 9 heteroatoms. The molecule has 114 valence electrons. The number of nitrogen functional groups attached to an aromatic ring is 1. The number of nitrogens with two attached hydrogens (primary N) is 1. The Bertz CT molecular complexity index is 552. The van der Waals surface area contributed by atoms with Crippen molar-refractivity contribution >= 4 is 15.7 Å². The molecule has 0 radical (unpaired) electrons. The molecule has 4 N–H and O–H groups in total. The zero-order valence-electron chi connectivity index (χ0n) is 10.6. The molecule has 0 heterocycles. The van der Waals surface area contributed by atoms with E-state index < -0.39 is 32.2 Å². The first-order valence-corrected chi connectivity index (χ1v) is 7.30. The largest absolute Gasteiger partial charge is 0.394 e. The summed E-state index contributed by atoms with van der Waals surface area (Å²) in [6.07, 6.45) is 0.345. The number of anilines is 1. The van der Waals surface area contributed by atoms with Gasteiger partial charge in [-0.2, -0.15) is 0 Å². The molecule has 0 saturated carbocycles. The minimum absolute atomic E-state index is 0.0183. The van der Waals surface area contributed by atoms with Gasteiger partial charge in [0.25, 0.3) is 0 Å². The molecule has 0 atom stereocenters. The van der Waals surface area contributed by atoms with Gasteiger partial charge in [0.05, 0.1) is 13.2 Å². The van der Waals surface area contributed by atoms with Crippen LogP contribution in [-0.2, 0) is 14.8 Å². The number of aliphatic hydroxyl groups excluding tert-OH is 1. The summed E-state index contributed by atoms with van der Waals surface area (Å²) in [4.78, 5) is -0.701.